The van der Waals surface area contributed by atoms with E-state index in [4.69, 9.17) is 4.74 Å². The number of sulfonamides is 1. The highest BCUT2D eigenvalue weighted by Crippen LogP contribution is 2.26. The van der Waals surface area contributed by atoms with Gasteiger partial charge in [0.1, 0.15) is 11.8 Å². The smallest absolute Gasteiger partial charge is 0.321 e. The topological polar surface area (TPSA) is 127 Å². The van der Waals surface area contributed by atoms with Gasteiger partial charge in [-0.3, -0.25) is 14.9 Å². The lowest BCUT2D eigenvalue weighted by atomic mass is 10.1. The Morgan fingerprint density at radius 3 is 2.33 bits per heavy atom. The van der Waals surface area contributed by atoms with Crippen molar-refractivity contribution in [3.8, 4) is 5.75 Å². The lowest BCUT2D eigenvalue weighted by Gasteiger charge is -2.25. The summed E-state index contributed by atoms with van der Waals surface area (Å²) in [5.41, 5.74) is -0.197. The molecule has 0 spiro atoms. The molecule has 0 aliphatic heterocycles. The van der Waals surface area contributed by atoms with E-state index in [1.807, 2.05) is 0 Å². The van der Waals surface area contributed by atoms with Gasteiger partial charge in [0, 0.05) is 18.2 Å². The molecule has 0 aliphatic carbocycles. The molecule has 27 heavy (non-hydrogen) atoms. The number of nitro benzene ring substituents is 1. The van der Waals surface area contributed by atoms with Gasteiger partial charge in [-0.15, -0.1) is 0 Å². The van der Waals surface area contributed by atoms with E-state index in [1.165, 1.54) is 62.6 Å². The van der Waals surface area contributed by atoms with Crippen molar-refractivity contribution in [1.29, 1.82) is 0 Å². The highest BCUT2D eigenvalue weighted by molar-refractivity contribution is 7.89. The quantitative estimate of drug-likeness (QED) is 0.537. The average Bonchev–Trinajstić information content (AvgIpc) is 2.65. The molecule has 0 amide bonds. The normalized spacial score (nSPS) is 12.6. The third-order valence-corrected chi connectivity index (χ3v) is 5.90. The van der Waals surface area contributed by atoms with Gasteiger partial charge in [-0.1, -0.05) is 18.2 Å². The summed E-state index contributed by atoms with van der Waals surface area (Å²) in [7, 11) is -2.81. The maximum atomic E-state index is 13.0. The van der Waals surface area contributed by atoms with E-state index >= 15 is 0 Å². The monoisotopic (exact) mass is 394 g/mol. The fourth-order valence-corrected chi connectivity index (χ4v) is 3.99. The first-order valence-electron chi connectivity index (χ1n) is 7.79. The molecule has 0 saturated heterocycles. The van der Waals surface area contributed by atoms with E-state index in [1.54, 1.807) is 0 Å². The summed E-state index contributed by atoms with van der Waals surface area (Å²) in [4.78, 5) is 21.9. The van der Waals surface area contributed by atoms with E-state index in [0.29, 0.717) is 5.75 Å². The Hall–Kier alpha value is -2.98. The minimum atomic E-state index is -4.24. The van der Waals surface area contributed by atoms with Crippen LogP contribution in [0, 0.1) is 10.1 Å². The number of aliphatic carboxylic acids is 1. The molecule has 1 N–H and O–H groups in total. The Labute approximate surface area is 156 Å². The minimum absolute atomic E-state index is 0.0905. The van der Waals surface area contributed by atoms with Crippen LogP contribution in [-0.4, -0.2) is 41.9 Å². The SMILES string of the molecule is COc1ccc(S(=O)(=O)N(Cc2ccccc2[N+](=O)[O-])[C@@H](C)C(=O)O)cc1. The van der Waals surface area contributed by atoms with Crippen LogP contribution in [-0.2, 0) is 21.4 Å². The van der Waals surface area contributed by atoms with E-state index < -0.39 is 33.5 Å². The molecule has 144 valence electrons. The molecule has 1 atom stereocenters. The van der Waals surface area contributed by atoms with E-state index in [9.17, 15) is 28.4 Å². The van der Waals surface area contributed by atoms with E-state index in [2.05, 4.69) is 0 Å². The number of methoxy groups -OCH3 is 1. The predicted octanol–water partition coefficient (Wildman–Crippen LogP) is 2.27. The van der Waals surface area contributed by atoms with Crippen molar-refractivity contribution in [3.05, 3.63) is 64.2 Å². The van der Waals surface area contributed by atoms with Crippen LogP contribution in [0.3, 0.4) is 0 Å². The molecule has 9 nitrogen and oxygen atoms in total. The third-order valence-electron chi connectivity index (χ3n) is 3.97. The molecule has 0 heterocycles. The summed E-state index contributed by atoms with van der Waals surface area (Å²) in [6, 6.07) is 9.60. The fourth-order valence-electron chi connectivity index (χ4n) is 2.43. The van der Waals surface area contributed by atoms with Gasteiger partial charge in [0.25, 0.3) is 5.69 Å². The summed E-state index contributed by atoms with van der Waals surface area (Å²) >= 11 is 0. The molecular weight excluding hydrogens is 376 g/mol. The predicted molar refractivity (Wildman–Crippen MR) is 95.9 cm³/mol. The number of para-hydroxylation sites is 1. The Morgan fingerprint density at radius 1 is 1.22 bits per heavy atom. The first kappa shape index (κ1) is 20.3. The molecule has 2 rings (SSSR count). The fraction of sp³-hybridized carbons (Fsp3) is 0.235. The van der Waals surface area contributed by atoms with Crippen molar-refractivity contribution in [1.82, 2.24) is 4.31 Å². The van der Waals surface area contributed by atoms with Crippen LogP contribution in [0.5, 0.6) is 5.75 Å². The molecule has 0 aromatic heterocycles. The van der Waals surface area contributed by atoms with Gasteiger partial charge in [0.2, 0.25) is 10.0 Å². The third kappa shape index (κ3) is 4.41. The minimum Gasteiger partial charge on any atom is -0.497 e. The molecule has 0 radical (unpaired) electrons. The number of benzene rings is 2. The van der Waals surface area contributed by atoms with E-state index in [0.717, 1.165) is 4.31 Å². The van der Waals surface area contributed by atoms with Gasteiger partial charge in [-0.05, 0) is 31.2 Å². The number of carboxylic acids is 1. The molecule has 0 bridgehead atoms. The number of carbonyl (C=O) groups is 1. The number of ether oxygens (including phenoxy) is 1. The second-order valence-electron chi connectivity index (χ2n) is 5.63. The van der Waals surface area contributed by atoms with Crippen molar-refractivity contribution in [3.63, 3.8) is 0 Å². The summed E-state index contributed by atoms with van der Waals surface area (Å²) in [5.74, 6) is -0.934. The van der Waals surface area contributed by atoms with Gasteiger partial charge in [0.15, 0.2) is 0 Å². The van der Waals surface area contributed by atoms with Crippen molar-refractivity contribution in [2.24, 2.45) is 0 Å². The summed E-state index contributed by atoms with van der Waals surface area (Å²) in [6.45, 7) is 0.747. The Bertz CT molecular complexity index is 942. The Kier molecular flexibility index (Phi) is 6.13. The van der Waals surface area contributed by atoms with Crippen molar-refractivity contribution >= 4 is 21.7 Å². The van der Waals surface area contributed by atoms with Crippen molar-refractivity contribution in [2.45, 2.75) is 24.4 Å². The van der Waals surface area contributed by atoms with Gasteiger partial charge in [-0.2, -0.15) is 4.31 Å². The summed E-state index contributed by atoms with van der Waals surface area (Å²) in [6.07, 6.45) is 0. The molecule has 10 heteroatoms. The van der Waals surface area contributed by atoms with Gasteiger partial charge >= 0.3 is 5.97 Å². The van der Waals surface area contributed by atoms with Crippen LogP contribution in [0.1, 0.15) is 12.5 Å². The average molecular weight is 394 g/mol. The second kappa shape index (κ2) is 8.14. The zero-order valence-electron chi connectivity index (χ0n) is 14.6. The first-order chi connectivity index (χ1) is 12.7. The van der Waals surface area contributed by atoms with Crippen LogP contribution in [0.25, 0.3) is 0 Å². The molecular formula is C17H18N2O7S. The van der Waals surface area contributed by atoms with Crippen molar-refractivity contribution in [2.75, 3.05) is 7.11 Å². The van der Waals surface area contributed by atoms with E-state index in [-0.39, 0.29) is 16.1 Å². The Morgan fingerprint density at radius 2 is 1.81 bits per heavy atom. The maximum Gasteiger partial charge on any atom is 0.321 e. The van der Waals surface area contributed by atoms with Gasteiger partial charge < -0.3 is 9.84 Å². The number of carboxylic acid groups (broad SMARTS) is 1. The van der Waals surface area contributed by atoms with Crippen LogP contribution >= 0.6 is 0 Å². The molecule has 0 saturated carbocycles. The number of nitro groups is 1. The lowest BCUT2D eigenvalue weighted by molar-refractivity contribution is -0.385. The molecule has 0 unspecified atom stereocenters. The van der Waals surface area contributed by atoms with Crippen LogP contribution < -0.4 is 4.74 Å². The number of hydrogen-bond acceptors (Lipinski definition) is 6. The standard InChI is InChI=1S/C17H18N2O7S/c1-12(17(20)21)18(11-13-5-3-4-6-16(13)19(22)23)27(24,25)15-9-7-14(26-2)8-10-15/h3-10,12H,11H2,1-2H3,(H,20,21)/t12-/m0/s1. The zero-order valence-corrected chi connectivity index (χ0v) is 15.4. The van der Waals surface area contributed by atoms with Crippen LogP contribution in [0.2, 0.25) is 0 Å². The highest BCUT2D eigenvalue weighted by Gasteiger charge is 2.34. The molecule has 2 aromatic carbocycles. The van der Waals surface area contributed by atoms with Crippen molar-refractivity contribution < 1.29 is 28.0 Å². The number of nitrogens with zero attached hydrogens (tertiary/aromatic N) is 2. The molecule has 0 fully saturated rings. The first-order valence-corrected chi connectivity index (χ1v) is 9.23. The molecule has 2 aromatic rings. The van der Waals surface area contributed by atoms with Crippen LogP contribution in [0.15, 0.2) is 53.4 Å². The highest BCUT2D eigenvalue weighted by atomic mass is 32.2. The van der Waals surface area contributed by atoms with Gasteiger partial charge in [0.05, 0.1) is 16.9 Å². The largest absolute Gasteiger partial charge is 0.497 e. The summed E-state index contributed by atoms with van der Waals surface area (Å²) in [5, 5.41) is 20.5. The number of rotatable bonds is 8. The molecule has 0 aliphatic rings. The number of hydrogen-bond donors (Lipinski definition) is 1. The van der Waals surface area contributed by atoms with Crippen LogP contribution in [0.4, 0.5) is 5.69 Å². The van der Waals surface area contributed by atoms with Gasteiger partial charge in [-0.25, -0.2) is 8.42 Å². The lowest BCUT2D eigenvalue weighted by Crippen LogP contribution is -2.42. The zero-order chi connectivity index (χ0) is 20.2. The Balaban J connectivity index is 2.51. The summed E-state index contributed by atoms with van der Waals surface area (Å²) < 4.78 is 31.7. The maximum absolute atomic E-state index is 13.0. The second-order valence-corrected chi connectivity index (χ2v) is 7.52.